The van der Waals surface area contributed by atoms with Gasteiger partial charge in [-0.2, -0.15) is 0 Å². The maximum absolute atomic E-state index is 14.1. The lowest BCUT2D eigenvalue weighted by atomic mass is 10.2. The van der Waals surface area contributed by atoms with Crippen molar-refractivity contribution in [1.82, 2.24) is 5.16 Å². The maximum atomic E-state index is 14.1. The van der Waals surface area contributed by atoms with Crippen LogP contribution in [0.25, 0.3) is 0 Å². The highest BCUT2D eigenvalue weighted by atomic mass is 19.1. The second-order valence-corrected chi connectivity index (χ2v) is 5.50. The van der Waals surface area contributed by atoms with Gasteiger partial charge in [-0.05, 0) is 38.0 Å². The fourth-order valence-electron chi connectivity index (χ4n) is 2.43. The minimum absolute atomic E-state index is 0.0866. The maximum Gasteiger partial charge on any atom is 0.294 e. The molecule has 2 heterocycles. The van der Waals surface area contributed by atoms with E-state index in [1.807, 2.05) is 0 Å². The van der Waals surface area contributed by atoms with Crippen LogP contribution >= 0.6 is 0 Å². The van der Waals surface area contributed by atoms with E-state index in [0.717, 1.165) is 19.4 Å². The summed E-state index contributed by atoms with van der Waals surface area (Å²) in [6.45, 7) is 3.05. The fourth-order valence-corrected chi connectivity index (χ4v) is 2.43. The van der Waals surface area contributed by atoms with Crippen LogP contribution in [0.4, 0.5) is 15.8 Å². The Morgan fingerprint density at radius 1 is 1.43 bits per heavy atom. The predicted octanol–water partition coefficient (Wildman–Crippen LogP) is 2.97. The number of hydrogen-bond donors (Lipinski definition) is 2. The van der Waals surface area contributed by atoms with Crippen LogP contribution in [-0.4, -0.2) is 30.3 Å². The molecule has 3 rings (SSSR count). The summed E-state index contributed by atoms with van der Waals surface area (Å²) in [5.74, 6) is -0.817. The number of benzene rings is 1. The molecule has 1 aromatic carbocycles. The van der Waals surface area contributed by atoms with Crippen molar-refractivity contribution in [1.29, 1.82) is 0 Å². The third-order valence-electron chi connectivity index (χ3n) is 3.62. The molecule has 1 amide bonds. The van der Waals surface area contributed by atoms with Gasteiger partial charge < -0.3 is 19.9 Å². The smallest absolute Gasteiger partial charge is 0.294 e. The summed E-state index contributed by atoms with van der Waals surface area (Å²) < 4.78 is 24.4. The molecule has 0 saturated carbocycles. The van der Waals surface area contributed by atoms with Gasteiger partial charge in [0.2, 0.25) is 5.76 Å². The van der Waals surface area contributed by atoms with Crippen LogP contribution in [0.3, 0.4) is 0 Å². The van der Waals surface area contributed by atoms with Crippen molar-refractivity contribution in [3.8, 4) is 0 Å². The van der Waals surface area contributed by atoms with E-state index >= 15 is 0 Å². The third-order valence-corrected chi connectivity index (χ3v) is 3.62. The minimum atomic E-state index is -0.468. The summed E-state index contributed by atoms with van der Waals surface area (Å²) in [7, 11) is 0. The molecule has 0 bridgehead atoms. The fraction of sp³-hybridized carbons (Fsp3) is 0.375. The van der Waals surface area contributed by atoms with Crippen LogP contribution in [0, 0.1) is 12.7 Å². The second kappa shape index (κ2) is 6.78. The van der Waals surface area contributed by atoms with Gasteiger partial charge in [0.15, 0.2) is 0 Å². The number of amides is 1. The van der Waals surface area contributed by atoms with E-state index in [9.17, 15) is 9.18 Å². The van der Waals surface area contributed by atoms with Gasteiger partial charge in [-0.15, -0.1) is 0 Å². The Labute approximate surface area is 133 Å². The van der Waals surface area contributed by atoms with E-state index in [-0.39, 0.29) is 11.9 Å². The van der Waals surface area contributed by atoms with E-state index < -0.39 is 11.7 Å². The Hall–Kier alpha value is -2.41. The molecule has 2 aromatic rings. The highest BCUT2D eigenvalue weighted by molar-refractivity contribution is 6.02. The lowest BCUT2D eigenvalue weighted by Crippen LogP contribution is -2.19. The summed E-state index contributed by atoms with van der Waals surface area (Å²) in [4.78, 5) is 11.9. The topological polar surface area (TPSA) is 76.4 Å². The van der Waals surface area contributed by atoms with E-state index in [0.29, 0.717) is 23.6 Å². The molecule has 2 N–H and O–H groups in total. The van der Waals surface area contributed by atoms with E-state index in [1.54, 1.807) is 19.1 Å². The van der Waals surface area contributed by atoms with Crippen molar-refractivity contribution in [3.63, 3.8) is 0 Å². The summed E-state index contributed by atoms with van der Waals surface area (Å²) in [5, 5.41) is 9.24. The summed E-state index contributed by atoms with van der Waals surface area (Å²) >= 11 is 0. The molecule has 7 heteroatoms. The molecule has 6 nitrogen and oxygen atoms in total. The van der Waals surface area contributed by atoms with Crippen molar-refractivity contribution < 1.29 is 18.4 Å². The quantitative estimate of drug-likeness (QED) is 0.886. The zero-order chi connectivity index (χ0) is 16.2. The number of aromatic nitrogens is 1. The standard InChI is InChI=1S/C16H18FN3O3/c1-10-7-15(23-20-10)16(21)19-11-4-5-14(13(17)8-11)18-9-12-3-2-6-22-12/h4-5,7-8,12,18H,2-3,6,9H2,1H3,(H,19,21)/t12-/m0/s1. The monoisotopic (exact) mass is 319 g/mol. The highest BCUT2D eigenvalue weighted by Crippen LogP contribution is 2.21. The van der Waals surface area contributed by atoms with Crippen molar-refractivity contribution in [2.75, 3.05) is 23.8 Å². The molecule has 1 aromatic heterocycles. The summed E-state index contributed by atoms with van der Waals surface area (Å²) in [6.07, 6.45) is 2.16. The van der Waals surface area contributed by atoms with Crippen molar-refractivity contribution >= 4 is 17.3 Å². The Morgan fingerprint density at radius 2 is 2.30 bits per heavy atom. The molecular formula is C16H18FN3O3. The van der Waals surface area contributed by atoms with Gasteiger partial charge in [0.1, 0.15) is 5.82 Å². The number of carbonyl (C=O) groups excluding carboxylic acids is 1. The van der Waals surface area contributed by atoms with Gasteiger partial charge in [-0.1, -0.05) is 5.16 Å². The zero-order valence-electron chi connectivity index (χ0n) is 12.8. The van der Waals surface area contributed by atoms with Gasteiger partial charge >= 0.3 is 0 Å². The Kier molecular flexibility index (Phi) is 4.57. The average molecular weight is 319 g/mol. The zero-order valence-corrected chi connectivity index (χ0v) is 12.8. The van der Waals surface area contributed by atoms with Crippen LogP contribution in [-0.2, 0) is 4.74 Å². The van der Waals surface area contributed by atoms with E-state index in [1.165, 1.54) is 12.1 Å². The first-order chi connectivity index (χ1) is 11.1. The number of carbonyl (C=O) groups is 1. The predicted molar refractivity (Wildman–Crippen MR) is 83.1 cm³/mol. The molecule has 0 radical (unpaired) electrons. The number of aryl methyl sites for hydroxylation is 1. The number of halogens is 1. The summed E-state index contributed by atoms with van der Waals surface area (Å²) in [6, 6.07) is 6.00. The molecule has 1 atom stereocenters. The number of rotatable bonds is 5. The van der Waals surface area contributed by atoms with Crippen LogP contribution in [0.2, 0.25) is 0 Å². The largest absolute Gasteiger partial charge is 0.380 e. The first kappa shape index (κ1) is 15.5. The van der Waals surface area contributed by atoms with Crippen LogP contribution in [0.5, 0.6) is 0 Å². The van der Waals surface area contributed by atoms with Crippen molar-refractivity contribution in [3.05, 3.63) is 41.5 Å². The minimum Gasteiger partial charge on any atom is -0.380 e. The summed E-state index contributed by atoms with van der Waals surface area (Å²) in [5.41, 5.74) is 1.34. The molecule has 0 aliphatic carbocycles. The Balaban J connectivity index is 1.60. The van der Waals surface area contributed by atoms with Crippen molar-refractivity contribution in [2.24, 2.45) is 0 Å². The van der Waals surface area contributed by atoms with Crippen molar-refractivity contribution in [2.45, 2.75) is 25.9 Å². The van der Waals surface area contributed by atoms with Gasteiger partial charge in [0, 0.05) is 24.9 Å². The van der Waals surface area contributed by atoms with Crippen LogP contribution in [0.15, 0.2) is 28.8 Å². The number of hydrogen-bond acceptors (Lipinski definition) is 5. The molecular weight excluding hydrogens is 301 g/mol. The first-order valence-corrected chi connectivity index (χ1v) is 7.51. The second-order valence-electron chi connectivity index (χ2n) is 5.50. The molecule has 1 aliphatic heterocycles. The van der Waals surface area contributed by atoms with Crippen LogP contribution < -0.4 is 10.6 Å². The van der Waals surface area contributed by atoms with Gasteiger partial charge in [0.05, 0.1) is 17.5 Å². The lowest BCUT2D eigenvalue weighted by Gasteiger charge is -2.13. The van der Waals surface area contributed by atoms with E-state index in [4.69, 9.17) is 9.26 Å². The molecule has 1 aliphatic rings. The first-order valence-electron chi connectivity index (χ1n) is 7.51. The lowest BCUT2D eigenvalue weighted by molar-refractivity contribution is 0.0988. The SMILES string of the molecule is Cc1cc(C(=O)Nc2ccc(NC[C@@H]3CCCO3)c(F)c2)on1. The number of nitrogens with zero attached hydrogens (tertiary/aromatic N) is 1. The van der Waals surface area contributed by atoms with Gasteiger partial charge in [-0.3, -0.25) is 4.79 Å². The number of anilines is 2. The van der Waals surface area contributed by atoms with E-state index in [2.05, 4.69) is 15.8 Å². The molecule has 0 unspecified atom stereocenters. The molecule has 23 heavy (non-hydrogen) atoms. The van der Waals surface area contributed by atoms with Gasteiger partial charge in [0.25, 0.3) is 5.91 Å². The van der Waals surface area contributed by atoms with Crippen LogP contribution in [0.1, 0.15) is 29.1 Å². The third kappa shape index (κ3) is 3.87. The Morgan fingerprint density at radius 3 is 2.96 bits per heavy atom. The molecule has 1 fully saturated rings. The highest BCUT2D eigenvalue weighted by Gasteiger charge is 2.16. The number of nitrogens with one attached hydrogen (secondary N) is 2. The Bertz CT molecular complexity index is 696. The average Bonchev–Trinajstić information content (AvgIpc) is 3.18. The molecule has 0 spiro atoms. The molecule has 1 saturated heterocycles. The normalized spacial score (nSPS) is 17.2. The van der Waals surface area contributed by atoms with Gasteiger partial charge in [-0.25, -0.2) is 4.39 Å². The molecule has 122 valence electrons. The number of ether oxygens (including phenoxy) is 1.